The molecule has 0 amide bonds. The Morgan fingerprint density at radius 1 is 1.31 bits per heavy atom. The number of Topliss-reactive ketones (excluding diaryl/α,β-unsaturated/α-hetero) is 2. The van der Waals surface area contributed by atoms with Gasteiger partial charge in [-0.25, -0.2) is 0 Å². The standard InChI is InChI=1S/C8H12O5/c1-3-5(10)7(11)6(4(2)9)8(12)13/h5-6,10H,3H2,1-2H3,(H,12,13). The van der Waals surface area contributed by atoms with Crippen molar-refractivity contribution >= 4 is 17.5 Å². The zero-order chi connectivity index (χ0) is 10.6. The van der Waals surface area contributed by atoms with Gasteiger partial charge < -0.3 is 10.2 Å². The molecule has 0 saturated carbocycles. The highest BCUT2D eigenvalue weighted by molar-refractivity contribution is 6.17. The van der Waals surface area contributed by atoms with Crippen molar-refractivity contribution < 1.29 is 24.6 Å². The van der Waals surface area contributed by atoms with E-state index in [1.165, 1.54) is 6.92 Å². The minimum Gasteiger partial charge on any atom is -0.480 e. The number of aliphatic carboxylic acids is 1. The van der Waals surface area contributed by atoms with E-state index >= 15 is 0 Å². The molecular formula is C8H12O5. The first-order valence-electron chi connectivity index (χ1n) is 3.86. The lowest BCUT2D eigenvalue weighted by Crippen LogP contribution is -2.37. The van der Waals surface area contributed by atoms with Crippen LogP contribution in [0, 0.1) is 5.92 Å². The molecule has 0 saturated heterocycles. The van der Waals surface area contributed by atoms with Crippen molar-refractivity contribution in [2.75, 3.05) is 0 Å². The maximum Gasteiger partial charge on any atom is 0.321 e. The lowest BCUT2D eigenvalue weighted by atomic mass is 9.95. The van der Waals surface area contributed by atoms with Crippen molar-refractivity contribution in [1.82, 2.24) is 0 Å². The first kappa shape index (κ1) is 11.8. The second-order valence-corrected chi connectivity index (χ2v) is 2.71. The van der Waals surface area contributed by atoms with Gasteiger partial charge in [0.15, 0.2) is 17.5 Å². The Morgan fingerprint density at radius 2 is 1.77 bits per heavy atom. The average molecular weight is 188 g/mol. The van der Waals surface area contributed by atoms with E-state index in [4.69, 9.17) is 10.2 Å². The van der Waals surface area contributed by atoms with Gasteiger partial charge >= 0.3 is 5.97 Å². The SMILES string of the molecule is CCC(O)C(=O)C(C(C)=O)C(=O)O. The molecule has 0 heterocycles. The summed E-state index contributed by atoms with van der Waals surface area (Å²) in [7, 11) is 0. The van der Waals surface area contributed by atoms with Crippen LogP contribution < -0.4 is 0 Å². The predicted molar refractivity (Wildman–Crippen MR) is 43.1 cm³/mol. The van der Waals surface area contributed by atoms with Gasteiger partial charge in [0.1, 0.15) is 6.10 Å². The van der Waals surface area contributed by atoms with E-state index in [0.717, 1.165) is 6.92 Å². The van der Waals surface area contributed by atoms with Gasteiger partial charge in [0.05, 0.1) is 0 Å². The monoisotopic (exact) mass is 188 g/mol. The second-order valence-electron chi connectivity index (χ2n) is 2.71. The van der Waals surface area contributed by atoms with Crippen molar-refractivity contribution in [1.29, 1.82) is 0 Å². The van der Waals surface area contributed by atoms with E-state index in [0.29, 0.717) is 0 Å². The number of carbonyl (C=O) groups excluding carboxylic acids is 2. The van der Waals surface area contributed by atoms with Gasteiger partial charge in [0, 0.05) is 0 Å². The summed E-state index contributed by atoms with van der Waals surface area (Å²) in [4.78, 5) is 32.3. The molecule has 0 spiro atoms. The molecule has 0 aromatic carbocycles. The molecular weight excluding hydrogens is 176 g/mol. The fourth-order valence-electron chi connectivity index (χ4n) is 0.889. The predicted octanol–water partition coefficient (Wildman–Crippen LogP) is -0.384. The molecule has 2 unspecified atom stereocenters. The summed E-state index contributed by atoms with van der Waals surface area (Å²) in [5.74, 6) is -4.94. The Bertz CT molecular complexity index is 219. The molecule has 0 rings (SSSR count). The van der Waals surface area contributed by atoms with E-state index < -0.39 is 29.6 Å². The summed E-state index contributed by atoms with van der Waals surface area (Å²) < 4.78 is 0. The van der Waals surface area contributed by atoms with E-state index in [-0.39, 0.29) is 6.42 Å². The Kier molecular flexibility index (Phi) is 4.27. The summed E-state index contributed by atoms with van der Waals surface area (Å²) in [6, 6.07) is 0. The molecule has 0 fully saturated rings. The Balaban J connectivity index is 4.66. The van der Waals surface area contributed by atoms with Crippen LogP contribution in [0.5, 0.6) is 0 Å². The Hall–Kier alpha value is -1.23. The molecule has 2 N–H and O–H groups in total. The molecule has 13 heavy (non-hydrogen) atoms. The molecule has 0 aliphatic heterocycles. The number of aliphatic hydroxyl groups excluding tert-OH is 1. The number of hydrogen-bond donors (Lipinski definition) is 2. The van der Waals surface area contributed by atoms with Crippen molar-refractivity contribution in [2.45, 2.75) is 26.4 Å². The summed E-state index contributed by atoms with van der Waals surface area (Å²) in [6.07, 6.45) is -1.26. The largest absolute Gasteiger partial charge is 0.480 e. The van der Waals surface area contributed by atoms with E-state index in [1.807, 2.05) is 0 Å². The summed E-state index contributed by atoms with van der Waals surface area (Å²) >= 11 is 0. The first-order valence-corrected chi connectivity index (χ1v) is 3.86. The third kappa shape index (κ3) is 2.95. The highest BCUT2D eigenvalue weighted by atomic mass is 16.4. The summed E-state index contributed by atoms with van der Waals surface area (Å²) in [6.45, 7) is 2.54. The molecule has 5 heteroatoms. The van der Waals surface area contributed by atoms with Crippen LogP contribution in [0.2, 0.25) is 0 Å². The molecule has 74 valence electrons. The van der Waals surface area contributed by atoms with Crippen molar-refractivity contribution in [3.05, 3.63) is 0 Å². The maximum absolute atomic E-state index is 11.1. The maximum atomic E-state index is 11.1. The normalized spacial score (nSPS) is 14.7. The average Bonchev–Trinajstić information content (AvgIpc) is 2.01. The van der Waals surface area contributed by atoms with Gasteiger partial charge in [0.2, 0.25) is 0 Å². The smallest absolute Gasteiger partial charge is 0.321 e. The third-order valence-electron chi connectivity index (χ3n) is 1.65. The number of carboxylic acids is 1. The minimum atomic E-state index is -1.73. The number of aliphatic hydroxyl groups is 1. The molecule has 0 aromatic heterocycles. The number of hydrogen-bond acceptors (Lipinski definition) is 4. The fourth-order valence-corrected chi connectivity index (χ4v) is 0.889. The molecule has 0 aliphatic carbocycles. The third-order valence-corrected chi connectivity index (χ3v) is 1.65. The molecule has 0 aromatic rings. The lowest BCUT2D eigenvalue weighted by Gasteiger charge is -2.11. The quantitative estimate of drug-likeness (QED) is 0.573. The molecule has 0 radical (unpaired) electrons. The van der Waals surface area contributed by atoms with Gasteiger partial charge in [-0.1, -0.05) is 6.92 Å². The van der Waals surface area contributed by atoms with Crippen molar-refractivity contribution in [3.63, 3.8) is 0 Å². The van der Waals surface area contributed by atoms with Crippen LogP contribution in [0.15, 0.2) is 0 Å². The lowest BCUT2D eigenvalue weighted by molar-refractivity contribution is -0.152. The van der Waals surface area contributed by atoms with E-state index in [9.17, 15) is 14.4 Å². The molecule has 0 aliphatic rings. The number of rotatable bonds is 5. The number of carboxylic acid groups (broad SMARTS) is 1. The number of carbonyl (C=O) groups is 3. The van der Waals surface area contributed by atoms with Crippen LogP contribution in [0.1, 0.15) is 20.3 Å². The molecule has 5 nitrogen and oxygen atoms in total. The Morgan fingerprint density at radius 3 is 2.00 bits per heavy atom. The van der Waals surface area contributed by atoms with Crippen molar-refractivity contribution in [3.8, 4) is 0 Å². The van der Waals surface area contributed by atoms with Gasteiger partial charge in [0.25, 0.3) is 0 Å². The van der Waals surface area contributed by atoms with Crippen LogP contribution in [-0.2, 0) is 14.4 Å². The first-order chi connectivity index (χ1) is 5.91. The van der Waals surface area contributed by atoms with E-state index in [1.54, 1.807) is 0 Å². The van der Waals surface area contributed by atoms with Gasteiger partial charge in [-0.05, 0) is 13.3 Å². The molecule has 2 atom stereocenters. The van der Waals surface area contributed by atoms with Gasteiger partial charge in [-0.15, -0.1) is 0 Å². The number of ketones is 2. The van der Waals surface area contributed by atoms with Gasteiger partial charge in [-0.2, -0.15) is 0 Å². The summed E-state index contributed by atoms with van der Waals surface area (Å²) in [5, 5.41) is 17.5. The Labute approximate surface area is 75.4 Å². The van der Waals surface area contributed by atoms with Crippen LogP contribution in [0.3, 0.4) is 0 Å². The van der Waals surface area contributed by atoms with Gasteiger partial charge in [-0.3, -0.25) is 14.4 Å². The topological polar surface area (TPSA) is 91.7 Å². The van der Waals surface area contributed by atoms with E-state index in [2.05, 4.69) is 0 Å². The van der Waals surface area contributed by atoms with Crippen LogP contribution in [0.25, 0.3) is 0 Å². The summed E-state index contributed by atoms with van der Waals surface area (Å²) in [5.41, 5.74) is 0. The van der Waals surface area contributed by atoms with Crippen LogP contribution in [0.4, 0.5) is 0 Å². The zero-order valence-corrected chi connectivity index (χ0v) is 7.48. The highest BCUT2D eigenvalue weighted by Gasteiger charge is 2.34. The highest BCUT2D eigenvalue weighted by Crippen LogP contribution is 2.06. The minimum absolute atomic E-state index is 0.107. The van der Waals surface area contributed by atoms with Crippen LogP contribution >= 0.6 is 0 Å². The van der Waals surface area contributed by atoms with Crippen LogP contribution in [-0.4, -0.2) is 33.9 Å². The van der Waals surface area contributed by atoms with Crippen molar-refractivity contribution in [2.24, 2.45) is 5.92 Å². The second kappa shape index (κ2) is 4.71. The zero-order valence-electron chi connectivity index (χ0n) is 7.48. The fraction of sp³-hybridized carbons (Fsp3) is 0.625. The molecule has 0 bridgehead atoms.